The van der Waals surface area contributed by atoms with Crippen LogP contribution in [0.4, 0.5) is 5.69 Å². The highest BCUT2D eigenvalue weighted by molar-refractivity contribution is 9.10. The fourth-order valence-corrected chi connectivity index (χ4v) is 1.66. The summed E-state index contributed by atoms with van der Waals surface area (Å²) in [4.78, 5) is 11.8. The second-order valence-electron chi connectivity index (χ2n) is 3.93. The van der Waals surface area contributed by atoms with E-state index in [-0.39, 0.29) is 12.1 Å². The third-order valence-corrected chi connectivity index (χ3v) is 3.33. The molecular formula is C12H16BrN3O. The van der Waals surface area contributed by atoms with Gasteiger partial charge < -0.3 is 5.32 Å². The maximum absolute atomic E-state index is 11.8. The predicted octanol–water partition coefficient (Wildman–Crippen LogP) is 2.10. The van der Waals surface area contributed by atoms with Crippen LogP contribution in [0, 0.1) is 18.3 Å². The van der Waals surface area contributed by atoms with Crippen molar-refractivity contribution in [2.45, 2.75) is 26.8 Å². The monoisotopic (exact) mass is 297 g/mol. The molecule has 0 saturated carbocycles. The number of hydrogen-bond donors (Lipinski definition) is 1. The zero-order chi connectivity index (χ0) is 12.8. The first-order chi connectivity index (χ1) is 8.10. The Morgan fingerprint density at radius 2 is 2.41 bits per heavy atom. The SMILES string of the molecule is C#CCn1ncc(NCC(C)CC)c(Br)c1=O. The molecule has 1 N–H and O–H groups in total. The Kier molecular flexibility index (Phi) is 5.23. The van der Waals surface area contributed by atoms with Crippen molar-refractivity contribution < 1.29 is 0 Å². The van der Waals surface area contributed by atoms with Crippen molar-refractivity contribution in [3.8, 4) is 12.3 Å². The van der Waals surface area contributed by atoms with Crippen LogP contribution in [-0.2, 0) is 6.54 Å². The second-order valence-corrected chi connectivity index (χ2v) is 4.73. The van der Waals surface area contributed by atoms with Gasteiger partial charge in [0.2, 0.25) is 0 Å². The van der Waals surface area contributed by atoms with E-state index in [0.29, 0.717) is 16.1 Å². The second kappa shape index (κ2) is 6.45. The summed E-state index contributed by atoms with van der Waals surface area (Å²) in [5.74, 6) is 2.94. The van der Waals surface area contributed by atoms with Crippen LogP contribution in [0.25, 0.3) is 0 Å². The van der Waals surface area contributed by atoms with E-state index in [9.17, 15) is 4.79 Å². The van der Waals surface area contributed by atoms with E-state index in [2.05, 4.69) is 46.1 Å². The van der Waals surface area contributed by atoms with Gasteiger partial charge >= 0.3 is 0 Å². The van der Waals surface area contributed by atoms with Crippen molar-refractivity contribution in [3.05, 3.63) is 21.0 Å². The van der Waals surface area contributed by atoms with Crippen LogP contribution in [0.1, 0.15) is 20.3 Å². The number of rotatable bonds is 5. The minimum atomic E-state index is -0.211. The van der Waals surface area contributed by atoms with Crippen LogP contribution in [-0.4, -0.2) is 16.3 Å². The summed E-state index contributed by atoms with van der Waals surface area (Å²) in [5, 5.41) is 7.20. The van der Waals surface area contributed by atoms with E-state index < -0.39 is 0 Å². The summed E-state index contributed by atoms with van der Waals surface area (Å²) >= 11 is 3.27. The van der Waals surface area contributed by atoms with Gasteiger partial charge in [-0.2, -0.15) is 5.10 Å². The molecule has 0 spiro atoms. The Morgan fingerprint density at radius 1 is 1.71 bits per heavy atom. The van der Waals surface area contributed by atoms with Gasteiger partial charge in [0.1, 0.15) is 11.0 Å². The molecule has 1 unspecified atom stereocenters. The van der Waals surface area contributed by atoms with Crippen molar-refractivity contribution in [1.29, 1.82) is 0 Å². The van der Waals surface area contributed by atoms with Gasteiger partial charge in [0.05, 0.1) is 11.9 Å². The average Bonchev–Trinajstić information content (AvgIpc) is 2.34. The molecule has 0 radical (unpaired) electrons. The quantitative estimate of drug-likeness (QED) is 0.847. The molecule has 0 aliphatic heterocycles. The predicted molar refractivity (Wildman–Crippen MR) is 73.0 cm³/mol. The van der Waals surface area contributed by atoms with Gasteiger partial charge in [-0.1, -0.05) is 26.2 Å². The molecule has 0 amide bonds. The minimum absolute atomic E-state index is 0.184. The Bertz CT molecular complexity index is 476. The fourth-order valence-electron chi connectivity index (χ4n) is 1.22. The highest BCUT2D eigenvalue weighted by Crippen LogP contribution is 2.16. The number of hydrogen-bond acceptors (Lipinski definition) is 3. The summed E-state index contributed by atoms with van der Waals surface area (Å²) in [6.07, 6.45) is 7.86. The topological polar surface area (TPSA) is 46.9 Å². The van der Waals surface area contributed by atoms with E-state index >= 15 is 0 Å². The molecule has 5 heteroatoms. The third-order valence-electron chi connectivity index (χ3n) is 2.56. The fraction of sp³-hybridized carbons (Fsp3) is 0.500. The normalized spacial score (nSPS) is 11.9. The molecule has 0 saturated heterocycles. The van der Waals surface area contributed by atoms with Crippen LogP contribution in [0.5, 0.6) is 0 Å². The Balaban J connectivity index is 2.86. The molecule has 92 valence electrons. The number of halogens is 1. The van der Waals surface area contributed by atoms with Crippen LogP contribution in [0.15, 0.2) is 15.5 Å². The van der Waals surface area contributed by atoms with Crippen LogP contribution >= 0.6 is 15.9 Å². The van der Waals surface area contributed by atoms with E-state index in [1.54, 1.807) is 6.20 Å². The number of anilines is 1. The third kappa shape index (κ3) is 3.60. The summed E-state index contributed by atoms with van der Waals surface area (Å²) in [5.41, 5.74) is 0.501. The van der Waals surface area contributed by atoms with Crippen LogP contribution in [0.3, 0.4) is 0 Å². The lowest BCUT2D eigenvalue weighted by Gasteiger charge is -2.12. The summed E-state index contributed by atoms with van der Waals surface area (Å²) in [7, 11) is 0. The molecular weight excluding hydrogens is 282 g/mol. The molecule has 1 aromatic rings. The van der Waals surface area contributed by atoms with Crippen molar-refractivity contribution in [2.75, 3.05) is 11.9 Å². The summed E-state index contributed by atoms with van der Waals surface area (Å²) in [6, 6.07) is 0. The highest BCUT2D eigenvalue weighted by Gasteiger charge is 2.08. The summed E-state index contributed by atoms with van der Waals surface area (Å²) < 4.78 is 1.73. The number of nitrogens with one attached hydrogen (secondary N) is 1. The molecule has 0 aliphatic rings. The number of aromatic nitrogens is 2. The van der Waals surface area contributed by atoms with Gasteiger partial charge in [0.25, 0.3) is 5.56 Å². The van der Waals surface area contributed by atoms with E-state index in [0.717, 1.165) is 13.0 Å². The van der Waals surface area contributed by atoms with Gasteiger partial charge in [-0.05, 0) is 21.8 Å². The van der Waals surface area contributed by atoms with Crippen molar-refractivity contribution in [1.82, 2.24) is 9.78 Å². The molecule has 1 rings (SSSR count). The lowest BCUT2D eigenvalue weighted by molar-refractivity contribution is 0.591. The summed E-state index contributed by atoms with van der Waals surface area (Å²) in [6.45, 7) is 5.27. The van der Waals surface area contributed by atoms with E-state index in [4.69, 9.17) is 6.42 Å². The highest BCUT2D eigenvalue weighted by atomic mass is 79.9. The van der Waals surface area contributed by atoms with Crippen LogP contribution < -0.4 is 10.9 Å². The average molecular weight is 298 g/mol. The van der Waals surface area contributed by atoms with Gasteiger partial charge in [-0.15, -0.1) is 6.42 Å². The molecule has 0 bridgehead atoms. The molecule has 4 nitrogen and oxygen atoms in total. The largest absolute Gasteiger partial charge is 0.382 e. The zero-order valence-corrected chi connectivity index (χ0v) is 11.6. The first-order valence-corrected chi connectivity index (χ1v) is 6.32. The Labute approximate surface area is 110 Å². The first kappa shape index (κ1) is 13.8. The lowest BCUT2D eigenvalue weighted by Crippen LogP contribution is -2.24. The smallest absolute Gasteiger partial charge is 0.284 e. The van der Waals surface area contributed by atoms with Gasteiger partial charge in [0, 0.05) is 6.54 Å². The molecule has 1 atom stereocenters. The molecule has 1 heterocycles. The van der Waals surface area contributed by atoms with Crippen molar-refractivity contribution in [2.24, 2.45) is 5.92 Å². The van der Waals surface area contributed by atoms with E-state index in [1.807, 2.05) is 0 Å². The van der Waals surface area contributed by atoms with Gasteiger partial charge in [0.15, 0.2) is 0 Å². The zero-order valence-electron chi connectivity index (χ0n) is 10.0. The van der Waals surface area contributed by atoms with Gasteiger partial charge in [-0.3, -0.25) is 4.79 Å². The van der Waals surface area contributed by atoms with Gasteiger partial charge in [-0.25, -0.2) is 4.68 Å². The lowest BCUT2D eigenvalue weighted by atomic mass is 10.1. The maximum atomic E-state index is 11.8. The number of terminal acetylenes is 1. The molecule has 0 aromatic carbocycles. The maximum Gasteiger partial charge on any atom is 0.284 e. The minimum Gasteiger partial charge on any atom is -0.382 e. The number of nitrogens with zero attached hydrogens (tertiary/aromatic N) is 2. The molecule has 17 heavy (non-hydrogen) atoms. The first-order valence-electron chi connectivity index (χ1n) is 5.53. The Morgan fingerprint density at radius 3 is 3.00 bits per heavy atom. The molecule has 0 aliphatic carbocycles. The van der Waals surface area contributed by atoms with Crippen LogP contribution in [0.2, 0.25) is 0 Å². The molecule has 1 aromatic heterocycles. The standard InChI is InChI=1S/C12H16BrN3O/c1-4-6-16-12(17)11(13)10(8-15-16)14-7-9(3)5-2/h1,8-9,14H,5-7H2,2-3H3. The van der Waals surface area contributed by atoms with E-state index in [1.165, 1.54) is 4.68 Å². The Hall–Kier alpha value is -1.28. The molecule has 0 fully saturated rings. The van der Waals surface area contributed by atoms with Crippen molar-refractivity contribution >= 4 is 21.6 Å². The van der Waals surface area contributed by atoms with Crippen molar-refractivity contribution in [3.63, 3.8) is 0 Å².